The lowest BCUT2D eigenvalue weighted by molar-refractivity contribution is 0.340. The standard InChI is InChI=1S/C36H43N2O4PS/c1-8-11-32(37-5)35-31-22-30(24(4)12-13-25(9-2)26-14-18-28(19-15-26)41-10-3)33(38(6)44(7,39)40)23-34(31)42-36(35)27-16-20-29(43)21-17-27/h9,11-24,37H,8,10,43H2,1-7H3/b13-12-,25-9+,32-11-. The summed E-state index contributed by atoms with van der Waals surface area (Å²) in [5.74, 6) is 1.45. The van der Waals surface area contributed by atoms with Gasteiger partial charge in [0, 0.05) is 42.7 Å². The van der Waals surface area contributed by atoms with Gasteiger partial charge in [-0.3, -0.25) is 4.31 Å². The number of furan rings is 1. The molecule has 2 unspecified atom stereocenters. The third-order valence-corrected chi connectivity index (χ3v) is 9.24. The highest BCUT2D eigenvalue weighted by Gasteiger charge is 2.25. The summed E-state index contributed by atoms with van der Waals surface area (Å²) in [7, 11) is 2.67. The molecular formula is C36H43N2O4PS. The van der Waals surface area contributed by atoms with Gasteiger partial charge in [0.1, 0.15) is 17.1 Å². The van der Waals surface area contributed by atoms with Crippen LogP contribution in [0, 0.1) is 0 Å². The summed E-state index contributed by atoms with van der Waals surface area (Å²) in [5.41, 5.74) is 7.08. The molecule has 44 heavy (non-hydrogen) atoms. The molecule has 232 valence electrons. The largest absolute Gasteiger partial charge is 0.494 e. The Hall–Kier alpha value is -3.80. The van der Waals surface area contributed by atoms with E-state index in [-0.39, 0.29) is 5.92 Å². The van der Waals surface area contributed by atoms with Gasteiger partial charge in [-0.05, 0) is 60.5 Å². The number of fused-ring (bicyclic) bond motifs is 1. The van der Waals surface area contributed by atoms with E-state index in [4.69, 9.17) is 9.15 Å². The molecule has 0 aliphatic heterocycles. The first kappa shape index (κ1) is 33.1. The number of ether oxygens (including phenoxy) is 1. The summed E-state index contributed by atoms with van der Waals surface area (Å²) in [4.78, 5) is 0. The molecule has 0 saturated carbocycles. The number of rotatable bonds is 12. The monoisotopic (exact) mass is 630 g/mol. The van der Waals surface area contributed by atoms with Gasteiger partial charge in [-0.2, -0.15) is 0 Å². The summed E-state index contributed by atoms with van der Waals surface area (Å²) >= 11 is 0. The number of sulfonamides is 1. The average Bonchev–Trinajstić information content (AvgIpc) is 3.38. The fraction of sp³-hybridized carbons (Fsp3) is 0.278. The highest BCUT2D eigenvalue weighted by atomic mass is 32.2. The number of allylic oxidation sites excluding steroid dienone is 5. The topological polar surface area (TPSA) is 71.8 Å². The van der Waals surface area contributed by atoms with Gasteiger partial charge >= 0.3 is 0 Å². The fourth-order valence-corrected chi connectivity index (χ4v) is 5.93. The second-order valence-electron chi connectivity index (χ2n) is 10.7. The number of nitrogens with one attached hydrogen (secondary N) is 1. The molecule has 0 aliphatic carbocycles. The van der Waals surface area contributed by atoms with E-state index < -0.39 is 10.0 Å². The Labute approximate surface area is 264 Å². The van der Waals surface area contributed by atoms with Crippen LogP contribution in [0.2, 0.25) is 0 Å². The quantitative estimate of drug-likeness (QED) is 0.126. The Morgan fingerprint density at radius 1 is 1.09 bits per heavy atom. The maximum absolute atomic E-state index is 12.8. The number of anilines is 1. The lowest BCUT2D eigenvalue weighted by Crippen LogP contribution is -2.26. The Balaban J connectivity index is 1.90. The minimum Gasteiger partial charge on any atom is -0.494 e. The van der Waals surface area contributed by atoms with Crippen LogP contribution in [0.4, 0.5) is 5.69 Å². The van der Waals surface area contributed by atoms with E-state index in [1.165, 1.54) is 10.6 Å². The molecule has 0 fully saturated rings. The van der Waals surface area contributed by atoms with Crippen molar-refractivity contribution in [2.45, 2.75) is 40.0 Å². The van der Waals surface area contributed by atoms with Crippen LogP contribution in [-0.4, -0.2) is 35.4 Å². The van der Waals surface area contributed by atoms with Gasteiger partial charge in [-0.25, -0.2) is 8.42 Å². The van der Waals surface area contributed by atoms with Gasteiger partial charge in [0.2, 0.25) is 10.0 Å². The van der Waals surface area contributed by atoms with Crippen LogP contribution >= 0.6 is 9.24 Å². The fourth-order valence-electron chi connectivity index (χ4n) is 5.22. The van der Waals surface area contributed by atoms with Crippen molar-refractivity contribution >= 4 is 52.5 Å². The summed E-state index contributed by atoms with van der Waals surface area (Å²) in [6, 6.07) is 20.1. The molecule has 8 heteroatoms. The van der Waals surface area contributed by atoms with Gasteiger partial charge < -0.3 is 14.5 Å². The maximum atomic E-state index is 12.8. The summed E-state index contributed by atoms with van der Waals surface area (Å²) < 4.78 is 39.1. The van der Waals surface area contributed by atoms with E-state index in [2.05, 4.69) is 58.8 Å². The predicted molar refractivity (Wildman–Crippen MR) is 190 cm³/mol. The number of nitrogens with zero attached hydrogens (tertiary/aromatic N) is 1. The van der Waals surface area contributed by atoms with Crippen LogP contribution < -0.4 is 19.7 Å². The van der Waals surface area contributed by atoms with Crippen molar-refractivity contribution in [1.29, 1.82) is 0 Å². The van der Waals surface area contributed by atoms with Gasteiger partial charge in [0.15, 0.2) is 0 Å². The third-order valence-electron chi connectivity index (χ3n) is 7.66. The van der Waals surface area contributed by atoms with E-state index in [1.54, 1.807) is 7.05 Å². The van der Waals surface area contributed by atoms with Crippen LogP contribution in [0.25, 0.3) is 33.6 Å². The zero-order chi connectivity index (χ0) is 32.0. The first-order chi connectivity index (χ1) is 21.0. The van der Waals surface area contributed by atoms with Crippen molar-refractivity contribution in [3.63, 3.8) is 0 Å². The van der Waals surface area contributed by atoms with Crippen LogP contribution in [0.1, 0.15) is 56.7 Å². The minimum absolute atomic E-state index is 0.118. The van der Waals surface area contributed by atoms with Gasteiger partial charge in [0.05, 0.1) is 24.1 Å². The molecule has 1 N–H and O–H groups in total. The molecule has 0 radical (unpaired) electrons. The van der Waals surface area contributed by atoms with Gasteiger partial charge in [-0.1, -0.05) is 74.5 Å². The van der Waals surface area contributed by atoms with Crippen molar-refractivity contribution in [2.24, 2.45) is 0 Å². The lowest BCUT2D eigenvalue weighted by atomic mass is 9.93. The molecule has 0 saturated heterocycles. The zero-order valence-corrected chi connectivity index (χ0v) is 28.6. The number of benzene rings is 3. The average molecular weight is 631 g/mol. The molecule has 0 spiro atoms. The Kier molecular flexibility index (Phi) is 10.8. The zero-order valence-electron chi connectivity index (χ0n) is 26.6. The number of hydrogen-bond donors (Lipinski definition) is 1. The molecule has 3 aromatic carbocycles. The van der Waals surface area contributed by atoms with E-state index in [9.17, 15) is 8.42 Å². The van der Waals surface area contributed by atoms with E-state index in [0.717, 1.165) is 62.1 Å². The predicted octanol–water partition coefficient (Wildman–Crippen LogP) is 8.13. The molecule has 0 aliphatic rings. The molecule has 1 aromatic heterocycles. The van der Waals surface area contributed by atoms with E-state index in [1.807, 2.05) is 75.5 Å². The molecule has 4 rings (SSSR count). The highest BCUT2D eigenvalue weighted by molar-refractivity contribution is 7.92. The minimum atomic E-state index is -3.54. The Morgan fingerprint density at radius 2 is 1.77 bits per heavy atom. The molecule has 0 bridgehead atoms. The molecule has 0 amide bonds. The molecular weight excluding hydrogens is 587 g/mol. The van der Waals surface area contributed by atoms with Crippen LogP contribution in [-0.2, 0) is 10.0 Å². The van der Waals surface area contributed by atoms with Crippen molar-refractivity contribution in [2.75, 3.05) is 31.3 Å². The molecule has 1 heterocycles. The van der Waals surface area contributed by atoms with Gasteiger partial charge in [0.25, 0.3) is 0 Å². The van der Waals surface area contributed by atoms with Crippen LogP contribution in [0.15, 0.2) is 89.4 Å². The van der Waals surface area contributed by atoms with E-state index >= 15 is 0 Å². The van der Waals surface area contributed by atoms with Crippen LogP contribution in [0.3, 0.4) is 0 Å². The smallest absolute Gasteiger partial charge is 0.232 e. The van der Waals surface area contributed by atoms with Crippen molar-refractivity contribution in [1.82, 2.24) is 5.32 Å². The van der Waals surface area contributed by atoms with Crippen LogP contribution in [0.5, 0.6) is 5.75 Å². The molecule has 4 aromatic rings. The van der Waals surface area contributed by atoms with Crippen molar-refractivity contribution < 1.29 is 17.6 Å². The summed E-state index contributed by atoms with van der Waals surface area (Å²) in [5, 5.41) is 5.37. The van der Waals surface area contributed by atoms with Crippen molar-refractivity contribution in [3.8, 4) is 17.1 Å². The summed E-state index contributed by atoms with van der Waals surface area (Å²) in [6.45, 7) is 8.79. The van der Waals surface area contributed by atoms with Gasteiger partial charge in [-0.15, -0.1) is 9.24 Å². The molecule has 6 nitrogen and oxygen atoms in total. The molecule has 2 atom stereocenters. The third kappa shape index (κ3) is 7.28. The number of hydrogen-bond acceptors (Lipinski definition) is 5. The summed E-state index contributed by atoms with van der Waals surface area (Å²) in [6.07, 6.45) is 10.5. The second kappa shape index (κ2) is 14.3. The first-order valence-corrected chi connectivity index (χ1v) is 17.3. The second-order valence-corrected chi connectivity index (χ2v) is 13.4. The lowest BCUT2D eigenvalue weighted by Gasteiger charge is -2.23. The van der Waals surface area contributed by atoms with Crippen molar-refractivity contribution in [3.05, 3.63) is 102 Å². The maximum Gasteiger partial charge on any atom is 0.232 e. The first-order valence-electron chi connectivity index (χ1n) is 14.9. The SMILES string of the molecule is C/C=C(\C=C/C(C)c1cc2c(/C(=C/CC)NC)c(-c3ccc(P)cc3)oc2cc1N(C)S(C)(=O)=O)c1ccc(OCC)cc1. The highest BCUT2D eigenvalue weighted by Crippen LogP contribution is 2.42. The normalized spacial score (nSPS) is 13.5. The van der Waals surface area contributed by atoms with E-state index in [0.29, 0.717) is 17.9 Å². The Morgan fingerprint density at radius 3 is 2.34 bits per heavy atom. The Bertz CT molecular complexity index is 1800.